The quantitative estimate of drug-likeness (QED) is 0.383. The third kappa shape index (κ3) is 5.37. The molecule has 9 heteroatoms. The molecule has 1 saturated heterocycles. The number of carbonyl (C=O) groups is 2. The fourth-order valence-electron chi connectivity index (χ4n) is 4.32. The molecule has 4 aromatic rings. The van der Waals surface area contributed by atoms with E-state index in [0.717, 1.165) is 16.8 Å². The average Bonchev–Trinajstić information content (AvgIpc) is 3.60. The summed E-state index contributed by atoms with van der Waals surface area (Å²) in [6.45, 7) is 0.362. The number of nitrogens with one attached hydrogen (secondary N) is 1. The van der Waals surface area contributed by atoms with Crippen molar-refractivity contribution in [1.29, 1.82) is 0 Å². The fraction of sp³-hybridized carbons (Fsp3) is 0.179. The van der Waals surface area contributed by atoms with Crippen molar-refractivity contribution in [2.75, 3.05) is 13.2 Å². The summed E-state index contributed by atoms with van der Waals surface area (Å²) in [4.78, 5) is 25.4. The molecule has 3 N–H and O–H groups in total. The monoisotopic (exact) mass is 498 g/mol. The highest BCUT2D eigenvalue weighted by molar-refractivity contribution is 5.98. The Morgan fingerprint density at radius 3 is 2.30 bits per heavy atom. The minimum Gasteiger partial charge on any atom is -0.389 e. The van der Waals surface area contributed by atoms with Crippen molar-refractivity contribution in [3.05, 3.63) is 108 Å². The number of benzene rings is 3. The van der Waals surface area contributed by atoms with Gasteiger partial charge in [-0.3, -0.25) is 4.79 Å². The van der Waals surface area contributed by atoms with E-state index in [4.69, 9.17) is 19.9 Å². The van der Waals surface area contributed by atoms with Crippen LogP contribution >= 0.6 is 0 Å². The Balaban J connectivity index is 1.46. The summed E-state index contributed by atoms with van der Waals surface area (Å²) in [5.41, 5.74) is 8.91. The van der Waals surface area contributed by atoms with Gasteiger partial charge in [-0.1, -0.05) is 72.8 Å². The number of amides is 2. The van der Waals surface area contributed by atoms with Gasteiger partial charge in [-0.15, -0.1) is 0 Å². The van der Waals surface area contributed by atoms with Crippen molar-refractivity contribution in [3.63, 3.8) is 0 Å². The van der Waals surface area contributed by atoms with Crippen LogP contribution in [0.4, 0.5) is 4.79 Å². The molecule has 2 amide bonds. The summed E-state index contributed by atoms with van der Waals surface area (Å²) < 4.78 is 18.4. The van der Waals surface area contributed by atoms with E-state index in [0.29, 0.717) is 11.3 Å². The van der Waals surface area contributed by atoms with E-state index in [1.807, 2.05) is 72.8 Å². The van der Waals surface area contributed by atoms with Crippen LogP contribution in [-0.2, 0) is 20.6 Å². The maximum atomic E-state index is 13.7. The first-order chi connectivity index (χ1) is 18.0. The highest BCUT2D eigenvalue weighted by atomic mass is 16.9. The number of rotatable bonds is 8. The Kier molecular flexibility index (Phi) is 6.98. The fourth-order valence-corrected chi connectivity index (χ4v) is 4.32. The van der Waals surface area contributed by atoms with E-state index >= 15 is 0 Å². The number of carbonyl (C=O) groups excluding carboxylic acids is 2. The summed E-state index contributed by atoms with van der Waals surface area (Å²) in [5, 5.41) is 7.63. The lowest BCUT2D eigenvalue weighted by Gasteiger charge is -2.34. The summed E-state index contributed by atoms with van der Waals surface area (Å²) in [5.74, 6) is -2.27. The zero-order valence-electron chi connectivity index (χ0n) is 19.9. The highest BCUT2D eigenvalue weighted by Crippen LogP contribution is 2.29. The van der Waals surface area contributed by atoms with E-state index in [2.05, 4.69) is 10.4 Å². The predicted molar refractivity (Wildman–Crippen MR) is 136 cm³/mol. The third-order valence-electron chi connectivity index (χ3n) is 6.00. The molecule has 1 aliphatic rings. The van der Waals surface area contributed by atoms with Gasteiger partial charge in [-0.2, -0.15) is 5.10 Å². The second-order valence-corrected chi connectivity index (χ2v) is 8.47. The minimum absolute atomic E-state index is 0.181. The molecule has 188 valence electrons. The molecule has 0 saturated carbocycles. The first-order valence-corrected chi connectivity index (χ1v) is 11.9. The summed E-state index contributed by atoms with van der Waals surface area (Å²) >= 11 is 0. The molecule has 0 aliphatic carbocycles. The Labute approximate surface area is 213 Å². The number of primary amides is 1. The molecule has 1 aliphatic heterocycles. The molecule has 0 radical (unpaired) electrons. The molecular weight excluding hydrogens is 472 g/mol. The Bertz CT molecular complexity index is 1370. The molecule has 2 heterocycles. The smallest absolute Gasteiger partial charge is 0.389 e. The number of para-hydroxylation sites is 1. The van der Waals surface area contributed by atoms with Crippen LogP contribution < -0.4 is 11.1 Å². The molecule has 1 unspecified atom stereocenters. The molecule has 0 spiro atoms. The van der Waals surface area contributed by atoms with Crippen LogP contribution in [0.3, 0.4) is 0 Å². The van der Waals surface area contributed by atoms with Gasteiger partial charge in [0, 0.05) is 18.2 Å². The van der Waals surface area contributed by atoms with Gasteiger partial charge in [0.1, 0.15) is 6.04 Å². The van der Waals surface area contributed by atoms with Gasteiger partial charge in [0.05, 0.1) is 30.2 Å². The van der Waals surface area contributed by atoms with Crippen LogP contribution in [0, 0.1) is 0 Å². The van der Waals surface area contributed by atoms with E-state index in [-0.39, 0.29) is 19.6 Å². The Morgan fingerprint density at radius 2 is 1.59 bits per heavy atom. The zero-order valence-corrected chi connectivity index (χ0v) is 19.9. The zero-order chi connectivity index (χ0) is 25.7. The first kappa shape index (κ1) is 24.2. The molecule has 3 aromatic carbocycles. The van der Waals surface area contributed by atoms with E-state index in [9.17, 15) is 9.59 Å². The second-order valence-electron chi connectivity index (χ2n) is 8.47. The van der Waals surface area contributed by atoms with E-state index in [1.165, 1.54) is 0 Å². The lowest BCUT2D eigenvalue weighted by atomic mass is 10.0. The lowest BCUT2D eigenvalue weighted by Crippen LogP contribution is -2.57. The predicted octanol–water partition coefficient (Wildman–Crippen LogP) is 3.68. The largest absolute Gasteiger partial charge is 0.408 e. The minimum atomic E-state index is -1.85. The van der Waals surface area contributed by atoms with Gasteiger partial charge >= 0.3 is 12.1 Å². The summed E-state index contributed by atoms with van der Waals surface area (Å²) in [7, 11) is 0. The highest BCUT2D eigenvalue weighted by Gasteiger charge is 2.49. The summed E-state index contributed by atoms with van der Waals surface area (Å²) in [6.07, 6.45) is 0.998. The van der Waals surface area contributed by atoms with Crippen LogP contribution in [0.1, 0.15) is 15.9 Å². The second kappa shape index (κ2) is 10.7. The number of hydrogen-bond acceptors (Lipinski definition) is 6. The molecule has 1 fully saturated rings. The van der Waals surface area contributed by atoms with Gasteiger partial charge < -0.3 is 25.3 Å². The molecule has 9 nitrogen and oxygen atoms in total. The molecular formula is C28H26N4O5. The van der Waals surface area contributed by atoms with Crippen molar-refractivity contribution in [1.82, 2.24) is 15.1 Å². The molecule has 1 atom stereocenters. The van der Waals surface area contributed by atoms with E-state index in [1.54, 1.807) is 29.1 Å². The van der Waals surface area contributed by atoms with Gasteiger partial charge in [-0.05, 0) is 23.8 Å². The molecule has 5 rings (SSSR count). The number of ether oxygens (including phenoxy) is 3. The van der Waals surface area contributed by atoms with Crippen molar-refractivity contribution in [2.45, 2.75) is 18.4 Å². The number of hydrogen-bond donors (Lipinski definition) is 2. The van der Waals surface area contributed by atoms with Crippen LogP contribution in [0.25, 0.3) is 16.9 Å². The normalized spacial score (nSPS) is 15.1. The van der Waals surface area contributed by atoms with Crippen molar-refractivity contribution in [2.24, 2.45) is 5.73 Å². The lowest BCUT2D eigenvalue weighted by molar-refractivity contribution is -0.314. The number of aromatic nitrogens is 2. The molecule has 1 aromatic heterocycles. The topological polar surface area (TPSA) is 118 Å². The maximum absolute atomic E-state index is 13.7. The van der Waals surface area contributed by atoms with Gasteiger partial charge in [0.25, 0.3) is 5.91 Å². The molecule has 37 heavy (non-hydrogen) atoms. The Hall–Kier alpha value is -4.47. The third-order valence-corrected chi connectivity index (χ3v) is 6.00. The van der Waals surface area contributed by atoms with Gasteiger partial charge in [-0.25, -0.2) is 9.48 Å². The maximum Gasteiger partial charge on any atom is 0.408 e. The van der Waals surface area contributed by atoms with Crippen molar-refractivity contribution in [3.8, 4) is 16.9 Å². The summed E-state index contributed by atoms with van der Waals surface area (Å²) in [6, 6.07) is 27.3. The van der Waals surface area contributed by atoms with Crippen LogP contribution in [0.2, 0.25) is 0 Å². The number of nitrogens with zero attached hydrogens (tertiary/aromatic N) is 2. The standard InChI is InChI=1S/C28H26N4O5/c29-27(34)37-28(35-17-18-36-28)25(19-20-9-3-1-4-10-20)30-26(33)22-13-7-8-14-24(22)32-16-15-23(31-32)21-11-5-2-6-12-21/h1-16,25H,17-19H2,(H2,29,34)(H,30,33). The SMILES string of the molecule is NC(=O)OC1(C(Cc2ccccc2)NC(=O)c2ccccc2-n2ccc(-c3ccccc3)n2)OCCO1. The van der Waals surface area contributed by atoms with Crippen molar-refractivity contribution >= 4 is 12.0 Å². The van der Waals surface area contributed by atoms with Gasteiger partial charge in [0.2, 0.25) is 0 Å². The number of nitrogens with two attached hydrogens (primary N) is 1. The van der Waals surface area contributed by atoms with E-state index < -0.39 is 24.0 Å². The van der Waals surface area contributed by atoms with Gasteiger partial charge in [0.15, 0.2) is 0 Å². The average molecular weight is 499 g/mol. The first-order valence-electron chi connectivity index (χ1n) is 11.9. The van der Waals surface area contributed by atoms with Crippen molar-refractivity contribution < 1.29 is 23.8 Å². The van der Waals surface area contributed by atoms with Crippen LogP contribution in [-0.4, -0.2) is 47.0 Å². The Morgan fingerprint density at radius 1 is 0.946 bits per heavy atom. The molecule has 0 bridgehead atoms. The van der Waals surface area contributed by atoms with Crippen LogP contribution in [0.5, 0.6) is 0 Å². The van der Waals surface area contributed by atoms with Crippen LogP contribution in [0.15, 0.2) is 97.2 Å².